The van der Waals surface area contributed by atoms with Gasteiger partial charge in [-0.3, -0.25) is 9.69 Å². The molecule has 2 rings (SSSR count). The van der Waals surface area contributed by atoms with E-state index in [1.54, 1.807) is 4.90 Å². The molecular formula is C14H19ClN2O3S. The molecule has 1 aliphatic rings. The summed E-state index contributed by atoms with van der Waals surface area (Å²) in [5, 5.41) is 0.677. The van der Waals surface area contributed by atoms with Gasteiger partial charge in [0.2, 0.25) is 5.91 Å². The minimum atomic E-state index is -2.99. The second-order valence-corrected chi connectivity index (χ2v) is 8.04. The lowest BCUT2D eigenvalue weighted by Crippen LogP contribution is -2.50. The third-order valence-electron chi connectivity index (χ3n) is 3.46. The fourth-order valence-corrected chi connectivity index (χ4v) is 2.94. The third-order valence-corrected chi connectivity index (χ3v) is 4.64. The monoisotopic (exact) mass is 330 g/mol. The lowest BCUT2D eigenvalue weighted by atomic mass is 10.2. The van der Waals surface area contributed by atoms with Gasteiger partial charge in [0.25, 0.3) is 0 Å². The molecule has 1 amide bonds. The van der Waals surface area contributed by atoms with Gasteiger partial charge in [-0.2, -0.15) is 0 Å². The van der Waals surface area contributed by atoms with Gasteiger partial charge in [0.1, 0.15) is 9.84 Å². The fraction of sp³-hybridized carbons (Fsp3) is 0.500. The van der Waals surface area contributed by atoms with Gasteiger partial charge >= 0.3 is 0 Å². The molecule has 0 spiro atoms. The van der Waals surface area contributed by atoms with Crippen LogP contribution in [-0.4, -0.2) is 62.3 Å². The molecule has 0 bridgehead atoms. The van der Waals surface area contributed by atoms with Crippen molar-refractivity contribution in [2.75, 3.05) is 38.2 Å². The van der Waals surface area contributed by atoms with Gasteiger partial charge in [0.15, 0.2) is 0 Å². The summed E-state index contributed by atoms with van der Waals surface area (Å²) in [6, 6.07) is 7.44. The Morgan fingerprint density at radius 2 is 1.86 bits per heavy atom. The van der Waals surface area contributed by atoms with Gasteiger partial charge in [-0.1, -0.05) is 23.7 Å². The highest BCUT2D eigenvalue weighted by Crippen LogP contribution is 2.13. The zero-order valence-electron chi connectivity index (χ0n) is 12.0. The number of carbonyl (C=O) groups excluding carboxylic acids is 1. The molecule has 7 heteroatoms. The molecule has 21 heavy (non-hydrogen) atoms. The van der Waals surface area contributed by atoms with Crippen molar-refractivity contribution in [3.8, 4) is 0 Å². The van der Waals surface area contributed by atoms with Crippen LogP contribution in [0.15, 0.2) is 24.3 Å². The van der Waals surface area contributed by atoms with Gasteiger partial charge in [-0.15, -0.1) is 0 Å². The van der Waals surface area contributed by atoms with Crippen molar-refractivity contribution in [2.45, 2.75) is 6.54 Å². The summed E-state index contributed by atoms with van der Waals surface area (Å²) in [6.07, 6.45) is 1.21. The van der Waals surface area contributed by atoms with Crippen LogP contribution in [0.1, 0.15) is 5.56 Å². The summed E-state index contributed by atoms with van der Waals surface area (Å²) < 4.78 is 22.3. The van der Waals surface area contributed by atoms with Crippen LogP contribution in [0, 0.1) is 0 Å². The van der Waals surface area contributed by atoms with Crippen LogP contribution in [-0.2, 0) is 21.2 Å². The van der Waals surface area contributed by atoms with E-state index in [9.17, 15) is 13.2 Å². The number of piperazine rings is 1. The molecule has 0 aliphatic carbocycles. The standard InChI is InChI=1S/C14H19ClN2O3S/c1-21(19,20)9-8-16-6-7-17(14(18)11-16)10-12-2-4-13(15)5-3-12/h2-5H,6-11H2,1H3. The zero-order chi connectivity index (χ0) is 15.5. The quantitative estimate of drug-likeness (QED) is 0.809. The second-order valence-electron chi connectivity index (χ2n) is 5.35. The van der Waals surface area contributed by atoms with Crippen molar-refractivity contribution in [3.05, 3.63) is 34.9 Å². The first-order valence-corrected chi connectivity index (χ1v) is 9.20. The van der Waals surface area contributed by atoms with Crippen molar-refractivity contribution >= 4 is 27.3 Å². The summed E-state index contributed by atoms with van der Waals surface area (Å²) in [4.78, 5) is 15.8. The van der Waals surface area contributed by atoms with Crippen molar-refractivity contribution in [1.29, 1.82) is 0 Å². The van der Waals surface area contributed by atoms with E-state index < -0.39 is 9.84 Å². The van der Waals surface area contributed by atoms with Crippen LogP contribution < -0.4 is 0 Å². The van der Waals surface area contributed by atoms with Crippen molar-refractivity contribution in [2.24, 2.45) is 0 Å². The van der Waals surface area contributed by atoms with E-state index in [0.717, 1.165) is 5.56 Å². The number of amides is 1. The van der Waals surface area contributed by atoms with Crippen LogP contribution >= 0.6 is 11.6 Å². The smallest absolute Gasteiger partial charge is 0.237 e. The number of rotatable bonds is 5. The fourth-order valence-electron chi connectivity index (χ4n) is 2.22. The Hall–Kier alpha value is -1.11. The third kappa shape index (κ3) is 5.30. The average Bonchev–Trinajstić information content (AvgIpc) is 2.41. The van der Waals surface area contributed by atoms with Crippen molar-refractivity contribution < 1.29 is 13.2 Å². The number of benzene rings is 1. The molecule has 1 saturated heterocycles. The van der Waals surface area contributed by atoms with Gasteiger partial charge in [0, 0.05) is 37.5 Å². The molecule has 116 valence electrons. The molecule has 0 aromatic heterocycles. The molecule has 0 N–H and O–H groups in total. The van der Waals surface area contributed by atoms with Gasteiger partial charge in [-0.25, -0.2) is 8.42 Å². The molecule has 0 unspecified atom stereocenters. The van der Waals surface area contributed by atoms with E-state index in [1.165, 1.54) is 6.26 Å². The molecule has 1 fully saturated rings. The molecule has 0 saturated carbocycles. The Morgan fingerprint density at radius 1 is 1.19 bits per heavy atom. The predicted molar refractivity (Wildman–Crippen MR) is 83.0 cm³/mol. The first-order chi connectivity index (χ1) is 9.83. The maximum Gasteiger partial charge on any atom is 0.237 e. The second kappa shape index (κ2) is 6.77. The molecular weight excluding hydrogens is 312 g/mol. The number of nitrogens with zero attached hydrogens (tertiary/aromatic N) is 2. The van der Waals surface area contributed by atoms with Crippen molar-refractivity contribution in [1.82, 2.24) is 9.80 Å². The van der Waals surface area contributed by atoms with Gasteiger partial charge in [0.05, 0.1) is 12.3 Å². The van der Waals surface area contributed by atoms with E-state index in [4.69, 9.17) is 11.6 Å². The molecule has 0 atom stereocenters. The minimum absolute atomic E-state index is 0.0321. The normalized spacial score (nSPS) is 17.2. The Kier molecular flexibility index (Phi) is 5.24. The lowest BCUT2D eigenvalue weighted by molar-refractivity contribution is -0.136. The van der Waals surface area contributed by atoms with Crippen LogP contribution in [0.5, 0.6) is 0 Å². The summed E-state index contributed by atoms with van der Waals surface area (Å²) in [5.74, 6) is 0.127. The van der Waals surface area contributed by atoms with Crippen LogP contribution in [0.4, 0.5) is 0 Å². The van der Waals surface area contributed by atoms with E-state index in [1.807, 2.05) is 29.2 Å². The molecule has 1 aromatic rings. The summed E-state index contributed by atoms with van der Waals surface area (Å²) >= 11 is 5.84. The van der Waals surface area contributed by atoms with E-state index in [2.05, 4.69) is 0 Å². The van der Waals surface area contributed by atoms with Crippen LogP contribution in [0.2, 0.25) is 5.02 Å². The van der Waals surface area contributed by atoms with Gasteiger partial charge < -0.3 is 4.90 Å². The number of carbonyl (C=O) groups is 1. The van der Waals surface area contributed by atoms with Crippen LogP contribution in [0.3, 0.4) is 0 Å². The SMILES string of the molecule is CS(=O)(=O)CCN1CCN(Cc2ccc(Cl)cc2)C(=O)C1. The Morgan fingerprint density at radius 3 is 2.43 bits per heavy atom. The lowest BCUT2D eigenvalue weighted by Gasteiger charge is -2.34. The highest BCUT2D eigenvalue weighted by molar-refractivity contribution is 7.90. The highest BCUT2D eigenvalue weighted by atomic mass is 35.5. The summed E-state index contributed by atoms with van der Waals surface area (Å²) in [5.41, 5.74) is 1.04. The van der Waals surface area contributed by atoms with Gasteiger partial charge in [-0.05, 0) is 17.7 Å². The topological polar surface area (TPSA) is 57.7 Å². The molecule has 1 aliphatic heterocycles. The molecule has 0 radical (unpaired) electrons. The number of hydrogen-bond donors (Lipinski definition) is 0. The molecule has 1 aromatic carbocycles. The molecule has 5 nitrogen and oxygen atoms in total. The maximum absolute atomic E-state index is 12.1. The van der Waals surface area contributed by atoms with E-state index in [0.29, 0.717) is 31.2 Å². The summed E-state index contributed by atoms with van der Waals surface area (Å²) in [7, 11) is -2.99. The van der Waals surface area contributed by atoms with Crippen molar-refractivity contribution in [3.63, 3.8) is 0 Å². The van der Waals surface area contributed by atoms with E-state index >= 15 is 0 Å². The Bertz CT molecular complexity index is 601. The van der Waals surface area contributed by atoms with Crippen LogP contribution in [0.25, 0.3) is 0 Å². The highest BCUT2D eigenvalue weighted by Gasteiger charge is 2.24. The maximum atomic E-state index is 12.1. The van der Waals surface area contributed by atoms with E-state index in [-0.39, 0.29) is 18.2 Å². The Labute approximate surface area is 130 Å². The minimum Gasteiger partial charge on any atom is -0.336 e. The number of hydrogen-bond acceptors (Lipinski definition) is 4. The molecule has 1 heterocycles. The largest absolute Gasteiger partial charge is 0.336 e. The first-order valence-electron chi connectivity index (χ1n) is 6.76. The predicted octanol–water partition coefficient (Wildman–Crippen LogP) is 1.03. The first kappa shape index (κ1) is 16.3. The average molecular weight is 331 g/mol. The Balaban J connectivity index is 1.86. The number of halogens is 1. The zero-order valence-corrected chi connectivity index (χ0v) is 13.5. The summed E-state index contributed by atoms with van der Waals surface area (Å²) in [6.45, 7) is 2.58. The number of sulfone groups is 1.